The molecule has 2 atom stereocenters. The van der Waals surface area contributed by atoms with Crippen LogP contribution in [0.1, 0.15) is 18.4 Å². The predicted octanol–water partition coefficient (Wildman–Crippen LogP) is 2.85. The monoisotopic (exact) mass is 325 g/mol. The van der Waals surface area contributed by atoms with Crippen molar-refractivity contribution in [1.29, 1.82) is 0 Å². The Morgan fingerprint density at radius 1 is 1.17 bits per heavy atom. The van der Waals surface area contributed by atoms with E-state index in [0.717, 1.165) is 30.4 Å². The number of hydrogen-bond donors (Lipinski definition) is 1. The number of thiophene rings is 1. The molecule has 4 bridgehead atoms. The van der Waals surface area contributed by atoms with Crippen molar-refractivity contribution in [3.8, 4) is 0 Å². The van der Waals surface area contributed by atoms with Gasteiger partial charge in [0.05, 0.1) is 0 Å². The Labute approximate surface area is 139 Å². The van der Waals surface area contributed by atoms with Gasteiger partial charge in [-0.15, -0.1) is 11.3 Å². The zero-order chi connectivity index (χ0) is 15.0. The van der Waals surface area contributed by atoms with Crippen LogP contribution < -0.4 is 5.32 Å². The van der Waals surface area contributed by atoms with Crippen molar-refractivity contribution < 1.29 is 4.84 Å². The lowest BCUT2D eigenvalue weighted by Crippen LogP contribution is -2.71. The van der Waals surface area contributed by atoms with Crippen molar-refractivity contribution in [1.82, 2.24) is 10.2 Å². The minimum absolute atomic E-state index is 0.243. The van der Waals surface area contributed by atoms with Gasteiger partial charge >= 0.3 is 0 Å². The first-order valence-electron chi connectivity index (χ1n) is 8.54. The van der Waals surface area contributed by atoms with Crippen molar-refractivity contribution in [2.24, 2.45) is 22.9 Å². The van der Waals surface area contributed by atoms with E-state index in [1.165, 1.54) is 29.5 Å². The number of oxime groups is 1. The SMILES string of the molecule is c1cc2ccc(C3=NOC4(N3)C3CC5CC4CN(C5)C3)cc2s1. The van der Waals surface area contributed by atoms with Crippen LogP contribution in [-0.2, 0) is 4.84 Å². The Bertz CT molecular complexity index is 799. The number of fused-ring (bicyclic) bond motifs is 1. The Balaban J connectivity index is 1.35. The molecule has 1 saturated carbocycles. The average Bonchev–Trinajstić information content (AvgIpc) is 3.19. The lowest BCUT2D eigenvalue weighted by Gasteiger charge is -2.58. The van der Waals surface area contributed by atoms with Gasteiger partial charge in [0, 0.05) is 41.7 Å². The van der Waals surface area contributed by atoms with Gasteiger partial charge in [-0.25, -0.2) is 0 Å². The van der Waals surface area contributed by atoms with Gasteiger partial charge in [0.2, 0.25) is 5.72 Å². The third-order valence-electron chi connectivity index (χ3n) is 6.25. The van der Waals surface area contributed by atoms with Gasteiger partial charge in [0.1, 0.15) is 0 Å². The molecule has 1 N–H and O–H groups in total. The fourth-order valence-corrected chi connectivity index (χ4v) is 6.13. The van der Waals surface area contributed by atoms with Gasteiger partial charge < -0.3 is 15.1 Å². The van der Waals surface area contributed by atoms with Crippen molar-refractivity contribution in [3.63, 3.8) is 0 Å². The van der Waals surface area contributed by atoms with Crippen molar-refractivity contribution in [2.75, 3.05) is 19.6 Å². The number of hydrogen-bond acceptors (Lipinski definition) is 5. The molecule has 2 unspecified atom stereocenters. The summed E-state index contributed by atoms with van der Waals surface area (Å²) in [5.74, 6) is 2.93. The standard InChI is InChI=1S/C18H19N3OS/c1-2-13(7-16-12(1)3-4-23-16)17-19-18(22-20-17)14-5-11-6-15(18)10-21(8-11)9-14/h1-4,7,11,14-15H,5-6,8-10H2,(H,19,20). The molecule has 4 nitrogen and oxygen atoms in total. The van der Waals surface area contributed by atoms with E-state index in [9.17, 15) is 0 Å². The highest BCUT2D eigenvalue weighted by Crippen LogP contribution is 2.51. The molecule has 1 aromatic carbocycles. The van der Waals surface area contributed by atoms with Crippen LogP contribution >= 0.6 is 11.3 Å². The highest BCUT2D eigenvalue weighted by molar-refractivity contribution is 7.17. The summed E-state index contributed by atoms with van der Waals surface area (Å²) in [4.78, 5) is 8.76. The molecule has 1 aromatic heterocycles. The Kier molecular flexibility index (Phi) is 2.38. The number of nitrogens with one attached hydrogen (secondary N) is 1. The lowest BCUT2D eigenvalue weighted by atomic mass is 9.63. The lowest BCUT2D eigenvalue weighted by molar-refractivity contribution is -0.209. The van der Waals surface area contributed by atoms with Gasteiger partial charge in [0.25, 0.3) is 0 Å². The van der Waals surface area contributed by atoms with Crippen LogP contribution in [0.4, 0.5) is 0 Å². The van der Waals surface area contributed by atoms with E-state index in [1.54, 1.807) is 11.3 Å². The number of nitrogens with zero attached hydrogens (tertiary/aromatic N) is 2. The van der Waals surface area contributed by atoms with Crippen LogP contribution in [0, 0.1) is 17.8 Å². The largest absolute Gasteiger partial charge is 0.365 e. The third-order valence-corrected chi connectivity index (χ3v) is 7.13. The van der Waals surface area contributed by atoms with Gasteiger partial charge in [-0.3, -0.25) is 0 Å². The first-order chi connectivity index (χ1) is 11.3. The highest BCUT2D eigenvalue weighted by atomic mass is 32.1. The van der Waals surface area contributed by atoms with E-state index in [2.05, 4.69) is 45.0 Å². The molecule has 4 fully saturated rings. The van der Waals surface area contributed by atoms with Gasteiger partial charge in [-0.05, 0) is 41.7 Å². The topological polar surface area (TPSA) is 36.9 Å². The maximum Gasteiger partial charge on any atom is 0.217 e. The molecule has 0 radical (unpaired) electrons. The zero-order valence-corrected chi connectivity index (χ0v) is 13.7. The Morgan fingerprint density at radius 2 is 2.04 bits per heavy atom. The fourth-order valence-electron chi connectivity index (χ4n) is 5.30. The zero-order valence-electron chi connectivity index (χ0n) is 12.9. The molecule has 7 rings (SSSR count). The summed E-state index contributed by atoms with van der Waals surface area (Å²) in [6.07, 6.45) is 2.57. The number of rotatable bonds is 1. The molecular weight excluding hydrogens is 306 g/mol. The normalized spacial score (nSPS) is 40.4. The second kappa shape index (κ2) is 4.28. The predicted molar refractivity (Wildman–Crippen MR) is 91.5 cm³/mol. The van der Waals surface area contributed by atoms with Gasteiger partial charge in [-0.1, -0.05) is 17.3 Å². The summed E-state index contributed by atoms with van der Waals surface area (Å²) < 4.78 is 1.31. The van der Waals surface area contributed by atoms with Crippen LogP contribution in [0.25, 0.3) is 10.1 Å². The van der Waals surface area contributed by atoms with Crippen molar-refractivity contribution in [3.05, 3.63) is 35.2 Å². The van der Waals surface area contributed by atoms with Crippen molar-refractivity contribution >= 4 is 27.3 Å². The van der Waals surface area contributed by atoms with Gasteiger partial charge in [-0.2, -0.15) is 0 Å². The molecular formula is C18H19N3OS. The second-order valence-electron chi connectivity index (χ2n) is 7.57. The molecule has 5 heterocycles. The van der Waals surface area contributed by atoms with E-state index in [4.69, 9.17) is 4.84 Å². The van der Waals surface area contributed by atoms with E-state index < -0.39 is 0 Å². The van der Waals surface area contributed by atoms with E-state index >= 15 is 0 Å². The molecule has 1 spiro atoms. The van der Waals surface area contributed by atoms with Crippen LogP contribution in [0.5, 0.6) is 0 Å². The molecule has 118 valence electrons. The summed E-state index contributed by atoms with van der Waals surface area (Å²) in [6.45, 7) is 3.62. The smallest absolute Gasteiger partial charge is 0.217 e. The number of benzene rings is 1. The maximum atomic E-state index is 6.13. The molecule has 5 aliphatic rings. The molecule has 1 aliphatic carbocycles. The highest BCUT2D eigenvalue weighted by Gasteiger charge is 2.61. The van der Waals surface area contributed by atoms with E-state index in [1.807, 2.05) is 0 Å². The number of amidine groups is 1. The third kappa shape index (κ3) is 1.67. The molecule has 5 heteroatoms. The summed E-state index contributed by atoms with van der Waals surface area (Å²) in [5.41, 5.74) is 0.901. The van der Waals surface area contributed by atoms with Crippen LogP contribution in [0.15, 0.2) is 34.8 Å². The summed E-state index contributed by atoms with van der Waals surface area (Å²) in [7, 11) is 0. The quantitative estimate of drug-likeness (QED) is 0.876. The minimum atomic E-state index is -0.243. The van der Waals surface area contributed by atoms with Crippen LogP contribution in [-0.4, -0.2) is 36.1 Å². The molecule has 4 aliphatic heterocycles. The molecule has 3 saturated heterocycles. The summed E-state index contributed by atoms with van der Waals surface area (Å²) in [5, 5.41) is 11.7. The molecule has 23 heavy (non-hydrogen) atoms. The summed E-state index contributed by atoms with van der Waals surface area (Å²) in [6, 6.07) is 8.73. The van der Waals surface area contributed by atoms with Crippen molar-refractivity contribution in [2.45, 2.75) is 18.6 Å². The minimum Gasteiger partial charge on any atom is -0.365 e. The second-order valence-corrected chi connectivity index (χ2v) is 8.52. The maximum absolute atomic E-state index is 6.13. The Morgan fingerprint density at radius 3 is 2.87 bits per heavy atom. The Hall–Kier alpha value is -1.59. The first-order valence-corrected chi connectivity index (χ1v) is 9.42. The fraction of sp³-hybridized carbons (Fsp3) is 0.500. The van der Waals surface area contributed by atoms with Crippen LogP contribution in [0.2, 0.25) is 0 Å². The first kappa shape index (κ1) is 12.8. The van der Waals surface area contributed by atoms with Crippen LogP contribution in [0.3, 0.4) is 0 Å². The van der Waals surface area contributed by atoms with Gasteiger partial charge in [0.15, 0.2) is 5.84 Å². The van der Waals surface area contributed by atoms with E-state index in [0.29, 0.717) is 11.8 Å². The molecule has 0 amide bonds. The molecule has 2 aromatic rings. The van der Waals surface area contributed by atoms with E-state index in [-0.39, 0.29) is 5.72 Å². The summed E-state index contributed by atoms with van der Waals surface area (Å²) >= 11 is 1.78. The number of piperidine rings is 3. The average molecular weight is 325 g/mol.